The van der Waals surface area contributed by atoms with Crippen LogP contribution in [0.5, 0.6) is 0 Å². The van der Waals surface area contributed by atoms with Crippen LogP contribution in [-0.4, -0.2) is 40.1 Å². The first-order valence-corrected chi connectivity index (χ1v) is 6.26. The fourth-order valence-corrected chi connectivity index (χ4v) is 2.54. The molecule has 94 valence electrons. The Kier molecular flexibility index (Phi) is 3.74. The maximum Gasteiger partial charge on any atom is 0.270 e. The van der Waals surface area contributed by atoms with E-state index in [0.29, 0.717) is 10.7 Å². The van der Waals surface area contributed by atoms with Crippen molar-refractivity contribution in [2.75, 3.05) is 7.05 Å². The van der Waals surface area contributed by atoms with Gasteiger partial charge in [0.2, 0.25) is 0 Å². The van der Waals surface area contributed by atoms with Gasteiger partial charge < -0.3 is 15.0 Å². The van der Waals surface area contributed by atoms with E-state index in [0.717, 1.165) is 25.7 Å². The topological polar surface area (TPSA) is 56.3 Å². The van der Waals surface area contributed by atoms with E-state index in [2.05, 4.69) is 4.98 Å². The number of nitrogens with zero attached hydrogens (tertiary/aromatic N) is 1. The monoisotopic (exact) mass is 256 g/mol. The van der Waals surface area contributed by atoms with Gasteiger partial charge in [0.05, 0.1) is 17.2 Å². The van der Waals surface area contributed by atoms with E-state index in [1.165, 1.54) is 0 Å². The number of hydrogen-bond acceptors (Lipinski definition) is 2. The number of H-pyrrole nitrogens is 1. The lowest BCUT2D eigenvalue weighted by Gasteiger charge is -2.34. The number of aliphatic hydroxyl groups is 1. The summed E-state index contributed by atoms with van der Waals surface area (Å²) in [6, 6.07) is 1.52. The highest BCUT2D eigenvalue weighted by Gasteiger charge is 2.30. The van der Waals surface area contributed by atoms with Gasteiger partial charge in [-0.05, 0) is 18.9 Å². The van der Waals surface area contributed by atoms with Crippen molar-refractivity contribution in [3.8, 4) is 0 Å². The molecule has 1 aliphatic rings. The second-order valence-electron chi connectivity index (χ2n) is 4.57. The molecule has 4 nitrogen and oxygen atoms in total. The number of amides is 1. The molecule has 1 fully saturated rings. The normalized spacial score (nSPS) is 24.6. The van der Waals surface area contributed by atoms with Crippen LogP contribution in [0.1, 0.15) is 36.2 Å². The number of aromatic amines is 1. The number of halogens is 1. The van der Waals surface area contributed by atoms with Crippen LogP contribution >= 0.6 is 11.6 Å². The number of aromatic nitrogens is 1. The fourth-order valence-electron chi connectivity index (χ4n) is 2.38. The molecule has 1 amide bonds. The van der Waals surface area contributed by atoms with Crippen LogP contribution < -0.4 is 0 Å². The molecule has 1 saturated carbocycles. The quantitative estimate of drug-likeness (QED) is 0.851. The molecular weight excluding hydrogens is 240 g/mol. The number of likely N-dealkylation sites (N-methyl/N-ethyl adjacent to an activating group) is 1. The molecule has 2 rings (SSSR count). The SMILES string of the molecule is CN(C(=O)c1cc(Cl)c[nH]1)C1CCCCC1O. The van der Waals surface area contributed by atoms with E-state index < -0.39 is 6.10 Å². The third-order valence-corrected chi connectivity index (χ3v) is 3.61. The summed E-state index contributed by atoms with van der Waals surface area (Å²) in [4.78, 5) is 16.6. The Hall–Kier alpha value is -1.00. The second-order valence-corrected chi connectivity index (χ2v) is 5.00. The van der Waals surface area contributed by atoms with Crippen LogP contribution in [0.25, 0.3) is 0 Å². The van der Waals surface area contributed by atoms with Gasteiger partial charge in [-0.15, -0.1) is 0 Å². The zero-order valence-corrected chi connectivity index (χ0v) is 10.6. The predicted molar refractivity (Wildman–Crippen MR) is 66.2 cm³/mol. The van der Waals surface area contributed by atoms with Gasteiger partial charge in [-0.1, -0.05) is 24.4 Å². The highest BCUT2D eigenvalue weighted by atomic mass is 35.5. The molecule has 5 heteroatoms. The van der Waals surface area contributed by atoms with Crippen molar-refractivity contribution in [1.82, 2.24) is 9.88 Å². The molecule has 0 bridgehead atoms. The zero-order chi connectivity index (χ0) is 12.4. The molecule has 0 radical (unpaired) electrons. The number of hydrogen-bond donors (Lipinski definition) is 2. The van der Waals surface area contributed by atoms with Crippen LogP contribution in [-0.2, 0) is 0 Å². The van der Waals surface area contributed by atoms with Crippen LogP contribution in [0.15, 0.2) is 12.3 Å². The second kappa shape index (κ2) is 5.10. The van der Waals surface area contributed by atoms with Crippen LogP contribution in [0.4, 0.5) is 0 Å². The molecular formula is C12H17ClN2O2. The first-order chi connectivity index (χ1) is 8.09. The van der Waals surface area contributed by atoms with Gasteiger partial charge in [0.1, 0.15) is 5.69 Å². The van der Waals surface area contributed by atoms with Crippen molar-refractivity contribution in [1.29, 1.82) is 0 Å². The molecule has 2 N–H and O–H groups in total. The van der Waals surface area contributed by atoms with Crippen molar-refractivity contribution >= 4 is 17.5 Å². The van der Waals surface area contributed by atoms with E-state index in [9.17, 15) is 9.90 Å². The predicted octanol–water partition coefficient (Wildman–Crippen LogP) is 2.04. The molecule has 1 aliphatic carbocycles. The number of carbonyl (C=O) groups is 1. The van der Waals surface area contributed by atoms with E-state index in [1.807, 2.05) is 0 Å². The molecule has 0 aliphatic heterocycles. The lowest BCUT2D eigenvalue weighted by atomic mass is 9.91. The zero-order valence-electron chi connectivity index (χ0n) is 9.82. The molecule has 1 heterocycles. The minimum atomic E-state index is -0.414. The van der Waals surface area contributed by atoms with E-state index in [-0.39, 0.29) is 11.9 Å². The summed E-state index contributed by atoms with van der Waals surface area (Å²) in [6.45, 7) is 0. The van der Waals surface area contributed by atoms with Gasteiger partial charge in [0.25, 0.3) is 5.91 Å². The van der Waals surface area contributed by atoms with Gasteiger partial charge in [-0.25, -0.2) is 0 Å². The maximum absolute atomic E-state index is 12.1. The molecule has 0 aromatic carbocycles. The molecule has 0 spiro atoms. The van der Waals surface area contributed by atoms with Crippen molar-refractivity contribution in [2.45, 2.75) is 37.8 Å². The van der Waals surface area contributed by atoms with E-state index in [1.54, 1.807) is 24.2 Å². The Morgan fingerprint density at radius 3 is 2.82 bits per heavy atom. The average molecular weight is 257 g/mol. The van der Waals surface area contributed by atoms with Gasteiger partial charge in [0.15, 0.2) is 0 Å². The van der Waals surface area contributed by atoms with Crippen LogP contribution in [0.3, 0.4) is 0 Å². The Labute approximate surface area is 106 Å². The molecule has 2 atom stereocenters. The number of rotatable bonds is 2. The Morgan fingerprint density at radius 2 is 2.24 bits per heavy atom. The fraction of sp³-hybridized carbons (Fsp3) is 0.583. The summed E-state index contributed by atoms with van der Waals surface area (Å²) < 4.78 is 0. The lowest BCUT2D eigenvalue weighted by molar-refractivity contribution is 0.0265. The third-order valence-electron chi connectivity index (χ3n) is 3.39. The van der Waals surface area contributed by atoms with Crippen molar-refractivity contribution < 1.29 is 9.90 Å². The van der Waals surface area contributed by atoms with Gasteiger partial charge in [-0.2, -0.15) is 0 Å². The summed E-state index contributed by atoms with van der Waals surface area (Å²) in [5, 5.41) is 10.4. The Morgan fingerprint density at radius 1 is 1.53 bits per heavy atom. The standard InChI is InChI=1S/C12H17ClN2O2/c1-15(10-4-2-3-5-11(10)16)12(17)9-6-8(13)7-14-9/h6-7,10-11,14,16H,2-5H2,1H3. The van der Waals surface area contributed by atoms with Crippen molar-refractivity contribution in [3.63, 3.8) is 0 Å². The summed E-state index contributed by atoms with van der Waals surface area (Å²) in [5.74, 6) is -0.122. The number of carbonyl (C=O) groups excluding carboxylic acids is 1. The third kappa shape index (κ3) is 2.64. The van der Waals surface area contributed by atoms with E-state index in [4.69, 9.17) is 11.6 Å². The number of nitrogens with one attached hydrogen (secondary N) is 1. The first-order valence-electron chi connectivity index (χ1n) is 5.88. The largest absolute Gasteiger partial charge is 0.391 e. The minimum absolute atomic E-state index is 0.0849. The van der Waals surface area contributed by atoms with E-state index >= 15 is 0 Å². The van der Waals surface area contributed by atoms with Crippen molar-refractivity contribution in [2.24, 2.45) is 0 Å². The van der Waals surface area contributed by atoms with Gasteiger partial charge in [-0.3, -0.25) is 4.79 Å². The van der Waals surface area contributed by atoms with Crippen LogP contribution in [0.2, 0.25) is 5.02 Å². The van der Waals surface area contributed by atoms with Crippen LogP contribution in [0, 0.1) is 0 Å². The van der Waals surface area contributed by atoms with Crippen molar-refractivity contribution in [3.05, 3.63) is 23.0 Å². The summed E-state index contributed by atoms with van der Waals surface area (Å²) in [7, 11) is 1.73. The smallest absolute Gasteiger partial charge is 0.270 e. The summed E-state index contributed by atoms with van der Waals surface area (Å²) in [5.41, 5.74) is 0.468. The molecule has 17 heavy (non-hydrogen) atoms. The molecule has 2 unspecified atom stereocenters. The highest BCUT2D eigenvalue weighted by molar-refractivity contribution is 6.30. The molecule has 1 aromatic heterocycles. The number of aliphatic hydroxyl groups excluding tert-OH is 1. The Balaban J connectivity index is 2.08. The Bertz CT molecular complexity index is 405. The highest BCUT2D eigenvalue weighted by Crippen LogP contribution is 2.23. The summed E-state index contributed by atoms with van der Waals surface area (Å²) in [6.07, 6.45) is 4.90. The van der Waals surface area contributed by atoms with Gasteiger partial charge in [0, 0.05) is 13.2 Å². The minimum Gasteiger partial charge on any atom is -0.391 e. The molecule has 0 saturated heterocycles. The van der Waals surface area contributed by atoms with Gasteiger partial charge >= 0.3 is 0 Å². The lowest BCUT2D eigenvalue weighted by Crippen LogP contribution is -2.46. The average Bonchev–Trinajstić information content (AvgIpc) is 2.75. The first kappa shape index (κ1) is 12.5. The maximum atomic E-state index is 12.1. The summed E-state index contributed by atoms with van der Waals surface area (Å²) >= 11 is 5.77. The molecule has 1 aromatic rings.